The number of ether oxygens (including phenoxy) is 3. The first-order chi connectivity index (χ1) is 7.65. The average Bonchev–Trinajstić information content (AvgIpc) is 2.28. The fraction of sp³-hybridized carbons (Fsp3) is 0.300. The van der Waals surface area contributed by atoms with E-state index < -0.39 is 0 Å². The molecule has 1 rings (SSSR count). The molecule has 88 valence electrons. The van der Waals surface area contributed by atoms with Crippen LogP contribution in [0.25, 0.3) is 0 Å². The van der Waals surface area contributed by atoms with Gasteiger partial charge in [-0.3, -0.25) is 4.79 Å². The molecule has 0 heterocycles. The number of halogens is 2. The van der Waals surface area contributed by atoms with Crippen molar-refractivity contribution >= 4 is 29.5 Å². The molecule has 0 amide bonds. The van der Waals surface area contributed by atoms with Crippen LogP contribution in [0.4, 0.5) is 0 Å². The molecule has 0 fully saturated rings. The maximum atomic E-state index is 10.8. The lowest BCUT2D eigenvalue weighted by Crippen LogP contribution is -2.03. The number of benzene rings is 1. The number of hydrogen-bond acceptors (Lipinski definition) is 4. The standard InChI is InChI=1S/C10H10Cl2O4/c1-14-5-16-10-8(15-2)3-7(11)6(4-13)9(10)12/h3-4H,5H2,1-2H3. The van der Waals surface area contributed by atoms with Crippen molar-refractivity contribution in [3.8, 4) is 11.5 Å². The Morgan fingerprint density at radius 3 is 2.56 bits per heavy atom. The molecule has 0 atom stereocenters. The molecule has 0 N–H and O–H groups in total. The highest BCUT2D eigenvalue weighted by Gasteiger charge is 2.17. The van der Waals surface area contributed by atoms with Gasteiger partial charge in [-0.25, -0.2) is 0 Å². The minimum atomic E-state index is -0.00396. The zero-order chi connectivity index (χ0) is 12.1. The number of carbonyl (C=O) groups excluding carboxylic acids is 1. The van der Waals surface area contributed by atoms with E-state index in [1.54, 1.807) is 0 Å². The zero-order valence-corrected chi connectivity index (χ0v) is 10.3. The van der Waals surface area contributed by atoms with Crippen LogP contribution in [0, 0.1) is 0 Å². The molecule has 1 aromatic carbocycles. The van der Waals surface area contributed by atoms with Crippen LogP contribution in [0.15, 0.2) is 6.07 Å². The van der Waals surface area contributed by atoms with Gasteiger partial charge >= 0.3 is 0 Å². The van der Waals surface area contributed by atoms with Gasteiger partial charge in [0.05, 0.1) is 22.7 Å². The highest BCUT2D eigenvalue weighted by atomic mass is 35.5. The van der Waals surface area contributed by atoms with Gasteiger partial charge in [0, 0.05) is 13.2 Å². The summed E-state index contributed by atoms with van der Waals surface area (Å²) in [4.78, 5) is 10.8. The fourth-order valence-corrected chi connectivity index (χ4v) is 1.69. The van der Waals surface area contributed by atoms with Crippen LogP contribution >= 0.6 is 23.2 Å². The normalized spacial score (nSPS) is 10.0. The van der Waals surface area contributed by atoms with Crippen molar-refractivity contribution in [1.82, 2.24) is 0 Å². The van der Waals surface area contributed by atoms with Crippen molar-refractivity contribution in [2.45, 2.75) is 0 Å². The van der Waals surface area contributed by atoms with E-state index >= 15 is 0 Å². The fourth-order valence-electron chi connectivity index (χ4n) is 1.11. The lowest BCUT2D eigenvalue weighted by Gasteiger charge is -2.13. The van der Waals surface area contributed by atoms with Crippen LogP contribution in [0.5, 0.6) is 11.5 Å². The van der Waals surface area contributed by atoms with E-state index in [9.17, 15) is 4.79 Å². The Hall–Kier alpha value is -0.970. The van der Waals surface area contributed by atoms with Gasteiger partial charge in [0.2, 0.25) is 0 Å². The average molecular weight is 265 g/mol. The maximum absolute atomic E-state index is 10.8. The molecule has 0 spiro atoms. The highest BCUT2D eigenvalue weighted by Crippen LogP contribution is 2.40. The smallest absolute Gasteiger partial charge is 0.188 e. The second-order valence-electron chi connectivity index (χ2n) is 2.79. The van der Waals surface area contributed by atoms with E-state index in [0.717, 1.165) is 0 Å². The van der Waals surface area contributed by atoms with Gasteiger partial charge in [0.25, 0.3) is 0 Å². The summed E-state index contributed by atoms with van der Waals surface area (Å²) in [5, 5.41) is 0.318. The van der Waals surface area contributed by atoms with Crippen LogP contribution in [0.3, 0.4) is 0 Å². The van der Waals surface area contributed by atoms with Gasteiger partial charge in [-0.15, -0.1) is 0 Å². The molecule has 1 aromatic rings. The van der Waals surface area contributed by atoms with Crippen molar-refractivity contribution < 1.29 is 19.0 Å². The van der Waals surface area contributed by atoms with Gasteiger partial charge in [-0.2, -0.15) is 0 Å². The highest BCUT2D eigenvalue weighted by molar-refractivity contribution is 6.39. The summed E-state index contributed by atoms with van der Waals surface area (Å²) in [5.41, 5.74) is 0.162. The van der Waals surface area contributed by atoms with Crippen LogP contribution in [-0.4, -0.2) is 27.3 Å². The number of carbonyl (C=O) groups is 1. The largest absolute Gasteiger partial charge is 0.493 e. The van der Waals surface area contributed by atoms with Gasteiger partial charge in [-0.1, -0.05) is 23.2 Å². The molecule has 16 heavy (non-hydrogen) atoms. The predicted octanol–water partition coefficient (Wildman–Crippen LogP) is 2.80. The van der Waals surface area contributed by atoms with Gasteiger partial charge in [0.1, 0.15) is 0 Å². The second-order valence-corrected chi connectivity index (χ2v) is 3.57. The Kier molecular flexibility index (Phi) is 4.86. The van der Waals surface area contributed by atoms with Crippen molar-refractivity contribution in [1.29, 1.82) is 0 Å². The third kappa shape index (κ3) is 2.58. The molecular formula is C10H10Cl2O4. The van der Waals surface area contributed by atoms with Crippen LogP contribution in [0.1, 0.15) is 10.4 Å². The van der Waals surface area contributed by atoms with E-state index in [-0.39, 0.29) is 28.2 Å². The molecule has 0 aliphatic rings. The number of methoxy groups -OCH3 is 2. The van der Waals surface area contributed by atoms with Gasteiger partial charge in [0.15, 0.2) is 24.6 Å². The summed E-state index contributed by atoms with van der Waals surface area (Å²) >= 11 is 11.8. The second kappa shape index (κ2) is 5.94. The van der Waals surface area contributed by atoms with Gasteiger partial charge in [-0.05, 0) is 0 Å². The van der Waals surface area contributed by atoms with E-state index in [1.165, 1.54) is 20.3 Å². The minimum absolute atomic E-state index is 0.00396. The molecule has 0 unspecified atom stereocenters. The van der Waals surface area contributed by atoms with E-state index in [4.69, 9.17) is 37.4 Å². The quantitative estimate of drug-likeness (QED) is 0.606. The number of hydrogen-bond donors (Lipinski definition) is 0. The Morgan fingerprint density at radius 2 is 2.06 bits per heavy atom. The number of aldehydes is 1. The third-order valence-corrected chi connectivity index (χ3v) is 2.52. The van der Waals surface area contributed by atoms with Crippen molar-refractivity contribution in [2.75, 3.05) is 21.0 Å². The summed E-state index contributed by atoms with van der Waals surface area (Å²) in [6.45, 7) is -0.00396. The minimum Gasteiger partial charge on any atom is -0.493 e. The topological polar surface area (TPSA) is 44.8 Å². The van der Waals surface area contributed by atoms with Crippen molar-refractivity contribution in [2.24, 2.45) is 0 Å². The van der Waals surface area contributed by atoms with E-state index in [0.29, 0.717) is 12.0 Å². The molecule has 0 bridgehead atoms. The van der Waals surface area contributed by atoms with Crippen molar-refractivity contribution in [3.63, 3.8) is 0 Å². The Balaban J connectivity index is 3.25. The Morgan fingerprint density at radius 1 is 1.38 bits per heavy atom. The first kappa shape index (κ1) is 13.1. The van der Waals surface area contributed by atoms with Crippen LogP contribution in [-0.2, 0) is 4.74 Å². The van der Waals surface area contributed by atoms with Crippen molar-refractivity contribution in [3.05, 3.63) is 21.7 Å². The third-order valence-electron chi connectivity index (χ3n) is 1.83. The van der Waals surface area contributed by atoms with Crippen LogP contribution in [0.2, 0.25) is 10.0 Å². The molecule has 6 heteroatoms. The zero-order valence-electron chi connectivity index (χ0n) is 8.75. The lowest BCUT2D eigenvalue weighted by molar-refractivity contribution is 0.0491. The monoisotopic (exact) mass is 264 g/mol. The number of rotatable bonds is 5. The molecule has 0 aromatic heterocycles. The lowest BCUT2D eigenvalue weighted by atomic mass is 10.2. The summed E-state index contributed by atoms with van der Waals surface area (Å²) in [5.74, 6) is 0.579. The van der Waals surface area contributed by atoms with E-state index in [1.807, 2.05) is 0 Å². The summed E-state index contributed by atoms with van der Waals surface area (Å²) in [6, 6.07) is 1.46. The molecule has 0 aliphatic carbocycles. The summed E-state index contributed by atoms with van der Waals surface area (Å²) in [6.07, 6.45) is 0.559. The predicted molar refractivity (Wildman–Crippen MR) is 60.9 cm³/mol. The molecule has 0 aliphatic heterocycles. The van der Waals surface area contributed by atoms with E-state index in [2.05, 4.69) is 0 Å². The molecular weight excluding hydrogens is 255 g/mol. The Bertz CT molecular complexity index is 393. The van der Waals surface area contributed by atoms with Crippen LogP contribution < -0.4 is 9.47 Å². The molecule has 0 radical (unpaired) electrons. The SMILES string of the molecule is COCOc1c(OC)cc(Cl)c(C=O)c1Cl. The molecule has 4 nitrogen and oxygen atoms in total. The summed E-state index contributed by atoms with van der Waals surface area (Å²) in [7, 11) is 2.92. The molecule has 0 saturated heterocycles. The maximum Gasteiger partial charge on any atom is 0.188 e. The first-order valence-corrected chi connectivity index (χ1v) is 5.04. The first-order valence-electron chi connectivity index (χ1n) is 4.28. The molecule has 0 saturated carbocycles. The summed E-state index contributed by atoms with van der Waals surface area (Å²) < 4.78 is 15.0. The van der Waals surface area contributed by atoms with Gasteiger partial charge < -0.3 is 14.2 Å². The Labute approximate surface area is 103 Å².